The first-order valence-electron chi connectivity index (χ1n) is 8.21. The zero-order valence-electron chi connectivity index (χ0n) is 13.9. The van der Waals surface area contributed by atoms with Crippen LogP contribution in [0.3, 0.4) is 0 Å². The molecule has 2 heterocycles. The van der Waals surface area contributed by atoms with Crippen LogP contribution in [0.5, 0.6) is 17.2 Å². The topological polar surface area (TPSA) is 123 Å². The molecular formula is C18H19N3O5. The van der Waals surface area contributed by atoms with Gasteiger partial charge in [-0.25, -0.2) is 0 Å². The molecule has 8 nitrogen and oxygen atoms in total. The fourth-order valence-corrected chi connectivity index (χ4v) is 2.90. The maximum absolute atomic E-state index is 12.4. The van der Waals surface area contributed by atoms with Crippen molar-refractivity contribution in [1.29, 1.82) is 0 Å². The molecule has 1 aromatic heterocycles. The minimum Gasteiger partial charge on any atom is -0.504 e. The van der Waals surface area contributed by atoms with E-state index in [1.807, 2.05) is 0 Å². The van der Waals surface area contributed by atoms with E-state index >= 15 is 0 Å². The quantitative estimate of drug-likeness (QED) is 0.613. The van der Waals surface area contributed by atoms with Gasteiger partial charge in [0.15, 0.2) is 17.2 Å². The third kappa shape index (κ3) is 3.69. The van der Waals surface area contributed by atoms with E-state index in [1.54, 1.807) is 23.2 Å². The van der Waals surface area contributed by atoms with Crippen molar-refractivity contribution in [2.45, 2.75) is 18.9 Å². The molecule has 2 aromatic rings. The number of carbonyl (C=O) groups excluding carboxylic acids is 2. The molecule has 1 saturated heterocycles. The fraction of sp³-hybridized carbons (Fsp3) is 0.278. The SMILES string of the molecule is O=C(NC1CCN(C(=O)c2cccnc2)CC1)c1cc(O)c(O)c(O)c1. The van der Waals surface area contributed by atoms with Crippen molar-refractivity contribution in [3.8, 4) is 17.2 Å². The van der Waals surface area contributed by atoms with Gasteiger partial charge in [0.05, 0.1) is 5.56 Å². The first kappa shape index (κ1) is 17.5. The maximum Gasteiger partial charge on any atom is 0.255 e. The molecular weight excluding hydrogens is 338 g/mol. The summed E-state index contributed by atoms with van der Waals surface area (Å²) in [6.07, 6.45) is 4.32. The van der Waals surface area contributed by atoms with Gasteiger partial charge >= 0.3 is 0 Å². The normalized spacial score (nSPS) is 14.8. The summed E-state index contributed by atoms with van der Waals surface area (Å²) >= 11 is 0. The lowest BCUT2D eigenvalue weighted by atomic mass is 10.0. The van der Waals surface area contributed by atoms with Crippen LogP contribution in [0.25, 0.3) is 0 Å². The number of likely N-dealkylation sites (tertiary alicyclic amines) is 1. The number of nitrogens with one attached hydrogen (secondary N) is 1. The van der Waals surface area contributed by atoms with Gasteiger partial charge in [-0.1, -0.05) is 0 Å². The van der Waals surface area contributed by atoms with Gasteiger partial charge in [0.1, 0.15) is 0 Å². The number of piperidine rings is 1. The zero-order chi connectivity index (χ0) is 18.7. The summed E-state index contributed by atoms with van der Waals surface area (Å²) in [5.41, 5.74) is 0.580. The highest BCUT2D eigenvalue weighted by Gasteiger charge is 2.25. The first-order valence-corrected chi connectivity index (χ1v) is 8.21. The second-order valence-electron chi connectivity index (χ2n) is 6.14. The van der Waals surface area contributed by atoms with Crippen LogP contribution in [0, 0.1) is 0 Å². The van der Waals surface area contributed by atoms with Crippen LogP contribution in [0.4, 0.5) is 0 Å². The van der Waals surface area contributed by atoms with E-state index in [-0.39, 0.29) is 17.5 Å². The number of hydrogen-bond donors (Lipinski definition) is 4. The lowest BCUT2D eigenvalue weighted by molar-refractivity contribution is 0.0697. The summed E-state index contributed by atoms with van der Waals surface area (Å²) in [7, 11) is 0. The van der Waals surface area contributed by atoms with Crippen molar-refractivity contribution in [2.75, 3.05) is 13.1 Å². The van der Waals surface area contributed by atoms with Gasteiger partial charge < -0.3 is 25.5 Å². The van der Waals surface area contributed by atoms with Crippen LogP contribution < -0.4 is 5.32 Å². The Hall–Kier alpha value is -3.29. The second-order valence-corrected chi connectivity index (χ2v) is 6.14. The third-order valence-corrected chi connectivity index (χ3v) is 4.36. The van der Waals surface area contributed by atoms with Crippen LogP contribution in [-0.2, 0) is 0 Å². The van der Waals surface area contributed by atoms with E-state index in [9.17, 15) is 24.9 Å². The summed E-state index contributed by atoms with van der Waals surface area (Å²) < 4.78 is 0. The molecule has 0 atom stereocenters. The standard InChI is InChI=1S/C18H19N3O5/c22-14-8-12(9-15(23)16(14)24)17(25)20-13-3-6-21(7-4-13)18(26)11-2-1-5-19-10-11/h1-2,5,8-10,13,22-24H,3-4,6-7H2,(H,20,25). The molecule has 1 fully saturated rings. The van der Waals surface area contributed by atoms with Crippen molar-refractivity contribution in [3.63, 3.8) is 0 Å². The molecule has 8 heteroatoms. The number of benzene rings is 1. The van der Waals surface area contributed by atoms with Crippen LogP contribution in [0.1, 0.15) is 33.6 Å². The zero-order valence-corrected chi connectivity index (χ0v) is 13.9. The summed E-state index contributed by atoms with van der Waals surface area (Å²) in [6.45, 7) is 1.01. The van der Waals surface area contributed by atoms with Crippen LogP contribution in [0.15, 0.2) is 36.7 Å². The molecule has 0 bridgehead atoms. The fourth-order valence-electron chi connectivity index (χ4n) is 2.90. The van der Waals surface area contributed by atoms with E-state index in [1.165, 1.54) is 6.20 Å². The van der Waals surface area contributed by atoms with E-state index in [4.69, 9.17) is 0 Å². The van der Waals surface area contributed by atoms with E-state index in [2.05, 4.69) is 10.3 Å². The lowest BCUT2D eigenvalue weighted by Gasteiger charge is -2.32. The Morgan fingerprint density at radius 2 is 1.73 bits per heavy atom. The Labute approximate surface area is 149 Å². The average molecular weight is 357 g/mol. The second kappa shape index (κ2) is 7.30. The van der Waals surface area contributed by atoms with E-state index in [0.29, 0.717) is 31.5 Å². The highest BCUT2D eigenvalue weighted by molar-refractivity contribution is 5.96. The molecule has 0 saturated carbocycles. The first-order chi connectivity index (χ1) is 12.5. The summed E-state index contributed by atoms with van der Waals surface area (Å²) in [5, 5.41) is 31.2. The molecule has 1 aliphatic heterocycles. The van der Waals surface area contributed by atoms with Gasteiger partial charge in [0.25, 0.3) is 11.8 Å². The Bertz CT molecular complexity index is 794. The Morgan fingerprint density at radius 1 is 1.08 bits per heavy atom. The predicted molar refractivity (Wildman–Crippen MR) is 92.1 cm³/mol. The number of carbonyl (C=O) groups is 2. The van der Waals surface area contributed by atoms with Crippen LogP contribution >= 0.6 is 0 Å². The van der Waals surface area contributed by atoms with Crippen molar-refractivity contribution in [1.82, 2.24) is 15.2 Å². The van der Waals surface area contributed by atoms with Gasteiger partial charge in [0.2, 0.25) is 0 Å². The Kier molecular flexibility index (Phi) is 4.92. The molecule has 0 unspecified atom stereocenters. The van der Waals surface area contributed by atoms with Gasteiger partial charge in [-0.2, -0.15) is 0 Å². The number of aromatic nitrogens is 1. The lowest BCUT2D eigenvalue weighted by Crippen LogP contribution is -2.46. The average Bonchev–Trinajstić information content (AvgIpc) is 2.66. The number of amides is 2. The van der Waals surface area contributed by atoms with Crippen molar-refractivity contribution < 1.29 is 24.9 Å². The molecule has 1 aromatic carbocycles. The molecule has 0 spiro atoms. The smallest absolute Gasteiger partial charge is 0.255 e. The Balaban J connectivity index is 1.57. The molecule has 4 N–H and O–H groups in total. The highest BCUT2D eigenvalue weighted by atomic mass is 16.3. The molecule has 136 valence electrons. The largest absolute Gasteiger partial charge is 0.504 e. The maximum atomic E-state index is 12.4. The van der Waals surface area contributed by atoms with E-state index in [0.717, 1.165) is 12.1 Å². The van der Waals surface area contributed by atoms with Crippen molar-refractivity contribution >= 4 is 11.8 Å². The minimum absolute atomic E-state index is 0.0478. The molecule has 3 rings (SSSR count). The minimum atomic E-state index is -0.663. The van der Waals surface area contributed by atoms with Gasteiger partial charge in [-0.15, -0.1) is 0 Å². The molecule has 0 radical (unpaired) electrons. The summed E-state index contributed by atoms with van der Waals surface area (Å²) in [6, 6.07) is 5.48. The van der Waals surface area contributed by atoms with Gasteiger partial charge in [-0.3, -0.25) is 14.6 Å². The number of hydrogen-bond acceptors (Lipinski definition) is 6. The molecule has 26 heavy (non-hydrogen) atoms. The number of nitrogens with zero attached hydrogens (tertiary/aromatic N) is 2. The number of aromatic hydroxyl groups is 3. The van der Waals surface area contributed by atoms with Crippen LogP contribution in [0.2, 0.25) is 0 Å². The predicted octanol–water partition coefficient (Wildman–Crippen LogP) is 1.23. The monoisotopic (exact) mass is 357 g/mol. The number of phenolic OH excluding ortho intramolecular Hbond substituents is 3. The summed E-state index contributed by atoms with van der Waals surface area (Å²) in [4.78, 5) is 30.3. The number of rotatable bonds is 3. The highest BCUT2D eigenvalue weighted by Crippen LogP contribution is 2.35. The molecule has 1 aliphatic rings. The number of phenols is 3. The van der Waals surface area contributed by atoms with Crippen molar-refractivity contribution in [2.24, 2.45) is 0 Å². The van der Waals surface area contributed by atoms with E-state index < -0.39 is 23.2 Å². The molecule has 2 amide bonds. The third-order valence-electron chi connectivity index (χ3n) is 4.36. The van der Waals surface area contributed by atoms with Gasteiger partial charge in [-0.05, 0) is 37.1 Å². The van der Waals surface area contributed by atoms with Gasteiger partial charge in [0, 0.05) is 37.1 Å². The Morgan fingerprint density at radius 3 is 2.31 bits per heavy atom. The number of pyridine rings is 1. The van der Waals surface area contributed by atoms with Crippen molar-refractivity contribution in [3.05, 3.63) is 47.8 Å². The summed E-state index contributed by atoms with van der Waals surface area (Å²) in [5.74, 6) is -2.34. The molecule has 0 aliphatic carbocycles. The van der Waals surface area contributed by atoms with Crippen LogP contribution in [-0.4, -0.2) is 56.1 Å².